The molecule has 1 aliphatic rings. The summed E-state index contributed by atoms with van der Waals surface area (Å²) >= 11 is 0. The summed E-state index contributed by atoms with van der Waals surface area (Å²) in [6.45, 7) is 4.29. The SMILES string of the molecule is CC(C)CCn1c(=O)c(C2=NS(=O)(=O)c3ccccc3N2)c(O)c2c(C(N)=O)cccc21. The van der Waals surface area contributed by atoms with E-state index in [1.807, 2.05) is 13.8 Å². The topological polar surface area (TPSA) is 144 Å². The highest BCUT2D eigenvalue weighted by molar-refractivity contribution is 7.90. The Hall–Kier alpha value is -3.66. The Morgan fingerprint density at radius 2 is 1.91 bits per heavy atom. The number of nitrogens with zero attached hydrogens (tertiary/aromatic N) is 2. The number of fused-ring (bicyclic) bond motifs is 2. The summed E-state index contributed by atoms with van der Waals surface area (Å²) in [5.41, 5.74) is 5.12. The van der Waals surface area contributed by atoms with Crippen LogP contribution in [0.1, 0.15) is 36.2 Å². The summed E-state index contributed by atoms with van der Waals surface area (Å²) in [7, 11) is -4.12. The van der Waals surface area contributed by atoms with Gasteiger partial charge < -0.3 is 20.7 Å². The van der Waals surface area contributed by atoms with Crippen molar-refractivity contribution in [3.8, 4) is 5.75 Å². The Labute approximate surface area is 184 Å². The first-order valence-corrected chi connectivity index (χ1v) is 11.5. The van der Waals surface area contributed by atoms with Crippen molar-refractivity contribution in [2.24, 2.45) is 16.0 Å². The van der Waals surface area contributed by atoms with E-state index in [4.69, 9.17) is 5.73 Å². The van der Waals surface area contributed by atoms with Crippen LogP contribution in [0.3, 0.4) is 0 Å². The minimum atomic E-state index is -4.12. The zero-order valence-electron chi connectivity index (χ0n) is 17.5. The van der Waals surface area contributed by atoms with Crippen LogP contribution in [-0.2, 0) is 16.6 Å². The highest BCUT2D eigenvalue weighted by Gasteiger charge is 2.30. The second-order valence-corrected chi connectivity index (χ2v) is 9.54. The predicted octanol–water partition coefficient (Wildman–Crippen LogP) is 2.41. The van der Waals surface area contributed by atoms with Gasteiger partial charge >= 0.3 is 0 Å². The first-order valence-electron chi connectivity index (χ1n) is 10.0. The van der Waals surface area contributed by atoms with Gasteiger partial charge in [0.2, 0.25) is 5.91 Å². The summed E-state index contributed by atoms with van der Waals surface area (Å²) in [5.74, 6) is -1.39. The number of hydrogen-bond acceptors (Lipinski definition) is 6. The average molecular weight is 455 g/mol. The van der Waals surface area contributed by atoms with Crippen LogP contribution < -0.4 is 16.6 Å². The number of carbonyl (C=O) groups excluding carboxylic acids is 1. The number of benzene rings is 2. The number of aromatic nitrogens is 1. The fourth-order valence-corrected chi connectivity index (χ4v) is 4.86. The van der Waals surface area contributed by atoms with Crippen LogP contribution >= 0.6 is 0 Å². The van der Waals surface area contributed by atoms with Crippen molar-refractivity contribution in [3.63, 3.8) is 0 Å². The lowest BCUT2D eigenvalue weighted by Crippen LogP contribution is -2.33. The second kappa shape index (κ2) is 7.79. The summed E-state index contributed by atoms with van der Waals surface area (Å²) in [6.07, 6.45) is 0.640. The number of aryl methyl sites for hydroxylation is 1. The number of primary amides is 1. The third kappa shape index (κ3) is 3.52. The molecule has 2 aromatic carbocycles. The molecule has 0 atom stereocenters. The van der Waals surface area contributed by atoms with Gasteiger partial charge in [0.1, 0.15) is 16.2 Å². The van der Waals surface area contributed by atoms with Crippen LogP contribution in [0, 0.1) is 5.92 Å². The maximum absolute atomic E-state index is 13.5. The fourth-order valence-electron chi connectivity index (χ4n) is 3.74. The van der Waals surface area contributed by atoms with E-state index in [0.29, 0.717) is 18.5 Å². The van der Waals surface area contributed by atoms with Crippen molar-refractivity contribution >= 4 is 38.4 Å². The number of aromatic hydroxyl groups is 1. The van der Waals surface area contributed by atoms with Gasteiger partial charge in [0.05, 0.1) is 22.2 Å². The molecule has 1 amide bonds. The van der Waals surface area contributed by atoms with Crippen molar-refractivity contribution in [2.75, 3.05) is 5.32 Å². The van der Waals surface area contributed by atoms with E-state index in [-0.39, 0.29) is 38.8 Å². The lowest BCUT2D eigenvalue weighted by molar-refractivity contribution is 0.100. The Morgan fingerprint density at radius 1 is 1.19 bits per heavy atom. The van der Waals surface area contributed by atoms with Gasteiger partial charge in [-0.2, -0.15) is 8.42 Å². The second-order valence-electron chi connectivity index (χ2n) is 7.96. The van der Waals surface area contributed by atoms with Crippen molar-refractivity contribution in [2.45, 2.75) is 31.7 Å². The summed E-state index contributed by atoms with van der Waals surface area (Å²) in [5, 5.41) is 14.0. The molecule has 2 heterocycles. The summed E-state index contributed by atoms with van der Waals surface area (Å²) < 4.78 is 30.6. The molecule has 0 spiro atoms. The van der Waals surface area contributed by atoms with E-state index in [1.54, 1.807) is 24.3 Å². The van der Waals surface area contributed by atoms with Crippen molar-refractivity contribution in [3.05, 3.63) is 63.9 Å². The molecule has 9 nitrogen and oxygen atoms in total. The molecule has 3 aromatic rings. The number of para-hydroxylation sites is 1. The van der Waals surface area contributed by atoms with Gasteiger partial charge in [-0.05, 0) is 36.6 Å². The van der Waals surface area contributed by atoms with E-state index in [2.05, 4.69) is 9.71 Å². The van der Waals surface area contributed by atoms with E-state index in [0.717, 1.165) is 0 Å². The van der Waals surface area contributed by atoms with Gasteiger partial charge in [0.25, 0.3) is 15.6 Å². The molecule has 166 valence electrons. The van der Waals surface area contributed by atoms with Gasteiger partial charge in [-0.3, -0.25) is 9.59 Å². The molecule has 0 aliphatic carbocycles. The third-order valence-corrected chi connectivity index (χ3v) is 6.66. The monoisotopic (exact) mass is 454 g/mol. The van der Waals surface area contributed by atoms with Crippen LogP contribution in [0.5, 0.6) is 5.75 Å². The standard InChI is InChI=1S/C22H22N4O5S/c1-12(2)10-11-26-15-8-5-6-13(20(23)28)17(15)19(27)18(22(26)29)21-24-14-7-3-4-9-16(14)32(30,31)25-21/h3-9,12,27H,10-11H2,1-2H3,(H2,23,28)(H,24,25). The van der Waals surface area contributed by atoms with Gasteiger partial charge in [-0.1, -0.05) is 32.0 Å². The van der Waals surface area contributed by atoms with Crippen LogP contribution in [-0.4, -0.2) is 29.8 Å². The van der Waals surface area contributed by atoms with E-state index in [1.165, 1.54) is 22.8 Å². The zero-order valence-corrected chi connectivity index (χ0v) is 18.3. The highest BCUT2D eigenvalue weighted by Crippen LogP contribution is 2.33. The Balaban J connectivity index is 2.06. The van der Waals surface area contributed by atoms with Crippen LogP contribution in [0.4, 0.5) is 5.69 Å². The minimum absolute atomic E-state index is 0.0132. The van der Waals surface area contributed by atoms with E-state index in [9.17, 15) is 23.1 Å². The van der Waals surface area contributed by atoms with Crippen molar-refractivity contribution in [1.29, 1.82) is 0 Å². The first-order chi connectivity index (χ1) is 15.1. The normalized spacial score (nSPS) is 14.7. The van der Waals surface area contributed by atoms with Gasteiger partial charge in [0, 0.05) is 6.54 Å². The number of pyridine rings is 1. The number of nitrogens with one attached hydrogen (secondary N) is 1. The fraction of sp³-hybridized carbons (Fsp3) is 0.227. The summed E-state index contributed by atoms with van der Waals surface area (Å²) in [4.78, 5) is 25.5. The number of rotatable bonds is 5. The largest absolute Gasteiger partial charge is 0.506 e. The molecule has 1 aromatic heterocycles. The first kappa shape index (κ1) is 21.6. The summed E-state index contributed by atoms with van der Waals surface area (Å²) in [6, 6.07) is 10.7. The molecule has 0 saturated carbocycles. The zero-order chi connectivity index (χ0) is 23.2. The lowest BCUT2D eigenvalue weighted by Gasteiger charge is -2.21. The molecule has 0 unspecified atom stereocenters. The molecule has 0 bridgehead atoms. The number of amides is 1. The van der Waals surface area contributed by atoms with Gasteiger partial charge in [0.15, 0.2) is 5.84 Å². The predicted molar refractivity (Wildman–Crippen MR) is 122 cm³/mol. The number of amidine groups is 1. The van der Waals surface area contributed by atoms with E-state index < -0.39 is 27.2 Å². The molecular formula is C22H22N4O5S. The molecule has 32 heavy (non-hydrogen) atoms. The highest BCUT2D eigenvalue weighted by atomic mass is 32.2. The Morgan fingerprint density at radius 3 is 2.59 bits per heavy atom. The van der Waals surface area contributed by atoms with Gasteiger partial charge in [-0.25, -0.2) is 0 Å². The molecule has 4 rings (SSSR count). The van der Waals surface area contributed by atoms with Crippen LogP contribution in [0.15, 0.2) is 56.6 Å². The smallest absolute Gasteiger partial charge is 0.286 e. The molecule has 0 saturated heterocycles. The molecule has 0 fully saturated rings. The quantitative estimate of drug-likeness (QED) is 0.540. The molecular weight excluding hydrogens is 432 g/mol. The number of sulfonamides is 1. The minimum Gasteiger partial charge on any atom is -0.506 e. The number of carbonyl (C=O) groups is 1. The molecule has 10 heteroatoms. The molecule has 1 aliphatic heterocycles. The number of hydrogen-bond donors (Lipinski definition) is 3. The Bertz CT molecular complexity index is 1460. The van der Waals surface area contributed by atoms with Crippen LogP contribution in [0.2, 0.25) is 0 Å². The van der Waals surface area contributed by atoms with Crippen molar-refractivity contribution in [1.82, 2.24) is 4.57 Å². The maximum atomic E-state index is 13.5. The van der Waals surface area contributed by atoms with Crippen molar-refractivity contribution < 1.29 is 18.3 Å². The Kier molecular flexibility index (Phi) is 5.25. The van der Waals surface area contributed by atoms with E-state index >= 15 is 0 Å². The van der Waals surface area contributed by atoms with Crippen LogP contribution in [0.25, 0.3) is 10.9 Å². The molecule has 4 N–H and O–H groups in total. The maximum Gasteiger partial charge on any atom is 0.286 e. The number of nitrogens with two attached hydrogens (primary N) is 1. The molecule has 0 radical (unpaired) electrons. The third-order valence-electron chi connectivity index (χ3n) is 5.33. The average Bonchev–Trinajstić information content (AvgIpc) is 2.72. The lowest BCUT2D eigenvalue weighted by atomic mass is 10.0. The number of anilines is 1. The van der Waals surface area contributed by atoms with Gasteiger partial charge in [-0.15, -0.1) is 4.40 Å².